The quantitative estimate of drug-likeness (QED) is 0.558. The van der Waals surface area contributed by atoms with Gasteiger partial charge in [0.2, 0.25) is 0 Å². The summed E-state index contributed by atoms with van der Waals surface area (Å²) in [5.41, 5.74) is 3.77. The fraction of sp³-hybridized carbons (Fsp3) is 0.0500. The molecule has 0 unspecified atom stereocenters. The normalized spacial score (nSPS) is 10.2. The van der Waals surface area contributed by atoms with Crippen LogP contribution in [0.3, 0.4) is 0 Å². The van der Waals surface area contributed by atoms with E-state index >= 15 is 0 Å². The molecule has 0 heterocycles. The van der Waals surface area contributed by atoms with E-state index in [0.717, 1.165) is 16.8 Å². The Morgan fingerprint density at radius 2 is 1.40 bits per heavy atom. The average Bonchev–Trinajstić information content (AvgIpc) is 2.67. The van der Waals surface area contributed by atoms with Gasteiger partial charge >= 0.3 is 7.12 Å². The van der Waals surface area contributed by atoms with Crippen molar-refractivity contribution in [2.75, 3.05) is 7.11 Å². The lowest BCUT2D eigenvalue weighted by Gasteiger charge is -2.11. The molecular weight excluding hydrogens is 313 g/mol. The fourth-order valence-corrected chi connectivity index (χ4v) is 2.56. The third-order valence-electron chi connectivity index (χ3n) is 3.83. The van der Waals surface area contributed by atoms with E-state index in [1.807, 2.05) is 60.7 Å². The molecule has 0 saturated carbocycles. The number of benzene rings is 3. The maximum absolute atomic E-state index is 9.34. The van der Waals surface area contributed by atoms with E-state index < -0.39 is 7.12 Å². The zero-order valence-electron chi connectivity index (χ0n) is 13.8. The summed E-state index contributed by atoms with van der Waals surface area (Å²) in [6, 6.07) is 24.7. The molecule has 5 heteroatoms. The van der Waals surface area contributed by atoms with E-state index in [0.29, 0.717) is 16.9 Å². The molecule has 0 spiro atoms. The van der Waals surface area contributed by atoms with E-state index in [-0.39, 0.29) is 0 Å². The van der Waals surface area contributed by atoms with Crippen molar-refractivity contribution in [2.45, 2.75) is 0 Å². The van der Waals surface area contributed by atoms with E-state index in [1.54, 1.807) is 18.2 Å². The minimum atomic E-state index is -1.55. The van der Waals surface area contributed by atoms with Crippen LogP contribution in [0.4, 0.5) is 5.69 Å². The lowest BCUT2D eigenvalue weighted by molar-refractivity contribution is 0.413. The largest absolute Gasteiger partial charge is 0.495 e. The highest BCUT2D eigenvalue weighted by molar-refractivity contribution is 6.58. The van der Waals surface area contributed by atoms with Crippen molar-refractivity contribution in [2.24, 2.45) is 4.99 Å². The van der Waals surface area contributed by atoms with E-state index in [9.17, 15) is 10.0 Å². The van der Waals surface area contributed by atoms with Gasteiger partial charge in [-0.25, -0.2) is 4.99 Å². The Hall–Kier alpha value is -2.89. The number of hydrogen-bond donors (Lipinski definition) is 2. The van der Waals surface area contributed by atoms with Gasteiger partial charge in [-0.15, -0.1) is 0 Å². The van der Waals surface area contributed by atoms with Gasteiger partial charge in [-0.3, -0.25) is 0 Å². The molecule has 3 aromatic carbocycles. The summed E-state index contributed by atoms with van der Waals surface area (Å²) in [6.45, 7) is 0. The second kappa shape index (κ2) is 7.79. The van der Waals surface area contributed by atoms with Crippen LogP contribution in [0.2, 0.25) is 0 Å². The highest BCUT2D eigenvalue weighted by atomic mass is 16.5. The van der Waals surface area contributed by atoms with Crippen molar-refractivity contribution in [3.05, 3.63) is 90.0 Å². The SMILES string of the molecule is COc1cc(B(O)O)ccc1N=C(c1ccccc1)c1ccccc1. The van der Waals surface area contributed by atoms with Crippen LogP contribution in [0.25, 0.3) is 0 Å². The molecule has 0 aromatic heterocycles. The summed E-state index contributed by atoms with van der Waals surface area (Å²) >= 11 is 0. The Labute approximate surface area is 147 Å². The van der Waals surface area contributed by atoms with Crippen LogP contribution in [0.15, 0.2) is 83.9 Å². The summed E-state index contributed by atoms with van der Waals surface area (Å²) in [6.07, 6.45) is 0. The Morgan fingerprint density at radius 1 is 0.840 bits per heavy atom. The molecule has 0 aliphatic rings. The van der Waals surface area contributed by atoms with Crippen LogP contribution in [-0.2, 0) is 0 Å². The maximum Gasteiger partial charge on any atom is 0.488 e. The maximum atomic E-state index is 9.34. The van der Waals surface area contributed by atoms with Crippen LogP contribution in [0, 0.1) is 0 Å². The predicted octanol–water partition coefficient (Wildman–Crippen LogP) is 2.54. The lowest BCUT2D eigenvalue weighted by Crippen LogP contribution is -2.29. The number of methoxy groups -OCH3 is 1. The number of rotatable bonds is 5. The Balaban J connectivity index is 2.14. The Kier molecular flexibility index (Phi) is 5.28. The first-order valence-electron chi connectivity index (χ1n) is 7.92. The van der Waals surface area contributed by atoms with Gasteiger partial charge in [0.25, 0.3) is 0 Å². The van der Waals surface area contributed by atoms with Gasteiger partial charge in [0, 0.05) is 11.1 Å². The molecule has 3 aromatic rings. The standard InChI is InChI=1S/C20H18BNO3/c1-25-19-14-17(21(23)24)12-13-18(19)22-20(15-8-4-2-5-9-15)16-10-6-3-7-11-16/h2-14,23-24H,1H3. The topological polar surface area (TPSA) is 62.0 Å². The minimum Gasteiger partial charge on any atom is -0.495 e. The number of hydrogen-bond acceptors (Lipinski definition) is 4. The molecule has 124 valence electrons. The van der Waals surface area contributed by atoms with E-state index in [2.05, 4.69) is 0 Å². The van der Waals surface area contributed by atoms with E-state index in [4.69, 9.17) is 9.73 Å². The van der Waals surface area contributed by atoms with Crippen molar-refractivity contribution >= 4 is 24.0 Å². The molecule has 0 amide bonds. The third kappa shape index (κ3) is 3.96. The van der Waals surface area contributed by atoms with Crippen LogP contribution >= 0.6 is 0 Å². The predicted molar refractivity (Wildman–Crippen MR) is 101 cm³/mol. The number of nitrogens with zero attached hydrogens (tertiary/aromatic N) is 1. The Morgan fingerprint density at radius 3 is 1.88 bits per heavy atom. The molecule has 0 atom stereocenters. The van der Waals surface area contributed by atoms with Crippen molar-refractivity contribution < 1.29 is 14.8 Å². The lowest BCUT2D eigenvalue weighted by atomic mass is 9.80. The molecule has 0 bridgehead atoms. The van der Waals surface area contributed by atoms with Gasteiger partial charge in [-0.1, -0.05) is 66.7 Å². The Bertz CT molecular complexity index is 823. The molecule has 2 N–H and O–H groups in total. The van der Waals surface area contributed by atoms with Gasteiger partial charge in [0.15, 0.2) is 0 Å². The summed E-state index contributed by atoms with van der Waals surface area (Å²) in [4.78, 5) is 4.80. The second-order valence-electron chi connectivity index (χ2n) is 5.50. The number of aliphatic imine (C=N–C) groups is 1. The van der Waals surface area contributed by atoms with Crippen molar-refractivity contribution in [3.63, 3.8) is 0 Å². The van der Waals surface area contributed by atoms with Crippen molar-refractivity contribution in [1.82, 2.24) is 0 Å². The molecule has 0 saturated heterocycles. The second-order valence-corrected chi connectivity index (χ2v) is 5.50. The highest BCUT2D eigenvalue weighted by Gasteiger charge is 2.15. The van der Waals surface area contributed by atoms with Crippen molar-refractivity contribution in [1.29, 1.82) is 0 Å². The molecule has 0 fully saturated rings. The van der Waals surface area contributed by atoms with Crippen LogP contribution in [-0.4, -0.2) is 30.0 Å². The molecule has 4 nitrogen and oxygen atoms in total. The molecule has 3 rings (SSSR count). The van der Waals surface area contributed by atoms with Crippen LogP contribution < -0.4 is 10.2 Å². The summed E-state index contributed by atoms with van der Waals surface area (Å²) in [5.74, 6) is 0.481. The van der Waals surface area contributed by atoms with Gasteiger partial charge in [-0.2, -0.15) is 0 Å². The third-order valence-corrected chi connectivity index (χ3v) is 3.83. The smallest absolute Gasteiger partial charge is 0.488 e. The molecular formula is C20H18BNO3. The van der Waals surface area contributed by atoms with E-state index in [1.165, 1.54) is 7.11 Å². The first-order valence-corrected chi connectivity index (χ1v) is 7.92. The summed E-state index contributed by atoms with van der Waals surface area (Å²) in [7, 11) is -0.0123. The monoisotopic (exact) mass is 331 g/mol. The van der Waals surface area contributed by atoms with Gasteiger partial charge < -0.3 is 14.8 Å². The zero-order chi connectivity index (χ0) is 17.6. The van der Waals surface area contributed by atoms with Gasteiger partial charge in [-0.05, 0) is 17.6 Å². The van der Waals surface area contributed by atoms with Crippen molar-refractivity contribution in [3.8, 4) is 5.75 Å². The van der Waals surface area contributed by atoms with Crippen LogP contribution in [0.5, 0.6) is 5.75 Å². The summed E-state index contributed by atoms with van der Waals surface area (Å²) < 4.78 is 5.38. The first-order chi connectivity index (χ1) is 12.2. The first kappa shape index (κ1) is 17.0. The molecule has 0 aliphatic heterocycles. The summed E-state index contributed by atoms with van der Waals surface area (Å²) in [5, 5.41) is 18.7. The molecule has 0 radical (unpaired) electrons. The van der Waals surface area contributed by atoms with Crippen LogP contribution in [0.1, 0.15) is 11.1 Å². The number of ether oxygens (including phenoxy) is 1. The van der Waals surface area contributed by atoms with Gasteiger partial charge in [0.1, 0.15) is 11.4 Å². The molecule has 0 aliphatic carbocycles. The fourth-order valence-electron chi connectivity index (χ4n) is 2.56. The molecule has 25 heavy (non-hydrogen) atoms. The highest BCUT2D eigenvalue weighted by Crippen LogP contribution is 2.28. The average molecular weight is 331 g/mol. The minimum absolute atomic E-state index is 0.358. The van der Waals surface area contributed by atoms with Gasteiger partial charge in [0.05, 0.1) is 12.8 Å². The zero-order valence-corrected chi connectivity index (χ0v) is 13.8.